The maximum absolute atomic E-state index is 13.7. The van der Waals surface area contributed by atoms with E-state index in [1.165, 1.54) is 25.3 Å². The zero-order valence-corrected chi connectivity index (χ0v) is 25.5. The number of imidazole rings is 1. The molecule has 1 saturated carbocycles. The molecule has 5 nitrogen and oxygen atoms in total. The molecule has 1 atom stereocenters. The largest absolute Gasteiger partial charge is 0.494 e. The van der Waals surface area contributed by atoms with Gasteiger partial charge in [0.1, 0.15) is 29.2 Å². The van der Waals surface area contributed by atoms with Crippen LogP contribution in [0.25, 0.3) is 17.0 Å². The molecule has 2 aliphatic carbocycles. The van der Waals surface area contributed by atoms with Crippen LogP contribution in [0.4, 0.5) is 17.6 Å². The van der Waals surface area contributed by atoms with E-state index < -0.39 is 23.7 Å². The highest BCUT2D eigenvalue weighted by Crippen LogP contribution is 2.37. The molecule has 0 saturated heterocycles. The van der Waals surface area contributed by atoms with Crippen molar-refractivity contribution in [2.24, 2.45) is 0 Å². The molecule has 1 heterocycles. The van der Waals surface area contributed by atoms with E-state index in [-0.39, 0.29) is 5.75 Å². The van der Waals surface area contributed by atoms with Crippen LogP contribution in [-0.4, -0.2) is 46.8 Å². The summed E-state index contributed by atoms with van der Waals surface area (Å²) < 4.78 is 67.1. The van der Waals surface area contributed by atoms with Crippen LogP contribution in [0.15, 0.2) is 66.9 Å². The molecule has 0 N–H and O–H groups in total. The second kappa shape index (κ2) is 14.5. The van der Waals surface area contributed by atoms with Gasteiger partial charge < -0.3 is 18.9 Å². The van der Waals surface area contributed by atoms with E-state index in [0.717, 1.165) is 73.5 Å². The molecule has 0 radical (unpaired) electrons. The highest BCUT2D eigenvalue weighted by atomic mass is 19.4. The Kier molecular flexibility index (Phi) is 10.5. The molecule has 1 unspecified atom stereocenters. The quantitative estimate of drug-likeness (QED) is 0.151. The van der Waals surface area contributed by atoms with E-state index in [0.29, 0.717) is 25.0 Å². The molecule has 236 valence electrons. The van der Waals surface area contributed by atoms with Gasteiger partial charge in [-0.1, -0.05) is 39.2 Å². The fourth-order valence-corrected chi connectivity index (χ4v) is 5.95. The second-order valence-corrected chi connectivity index (χ2v) is 11.5. The number of rotatable bonds is 12. The summed E-state index contributed by atoms with van der Waals surface area (Å²) >= 11 is 0. The molecular weight excluding hydrogens is 570 g/mol. The molecule has 44 heavy (non-hydrogen) atoms. The number of halogens is 4. The van der Waals surface area contributed by atoms with Crippen LogP contribution >= 0.6 is 0 Å². The smallest absolute Gasteiger partial charge is 0.419 e. The Morgan fingerprint density at radius 3 is 2.36 bits per heavy atom. The van der Waals surface area contributed by atoms with E-state index in [2.05, 4.69) is 29.5 Å². The molecule has 0 amide bonds. The van der Waals surface area contributed by atoms with Gasteiger partial charge in [-0.05, 0) is 87.0 Å². The van der Waals surface area contributed by atoms with Crippen molar-refractivity contribution in [3.63, 3.8) is 0 Å². The Labute approximate surface area is 257 Å². The summed E-state index contributed by atoms with van der Waals surface area (Å²) in [6.45, 7) is 8.13. The Hall–Kier alpha value is -3.59. The second-order valence-electron chi connectivity index (χ2n) is 11.5. The van der Waals surface area contributed by atoms with Crippen molar-refractivity contribution in [3.8, 4) is 22.8 Å². The fourth-order valence-electron chi connectivity index (χ4n) is 5.95. The molecule has 2 aliphatic rings. The third-order valence-corrected chi connectivity index (χ3v) is 8.49. The first-order valence-corrected chi connectivity index (χ1v) is 15.7. The molecular formula is C35H41F4N3O2. The van der Waals surface area contributed by atoms with Crippen LogP contribution in [0, 0.1) is 5.82 Å². The van der Waals surface area contributed by atoms with Gasteiger partial charge in [0.2, 0.25) is 0 Å². The molecule has 9 heteroatoms. The summed E-state index contributed by atoms with van der Waals surface area (Å²) in [5.74, 6) is 0.890. The zero-order chi connectivity index (χ0) is 31.1. The predicted molar refractivity (Wildman–Crippen MR) is 165 cm³/mol. The Morgan fingerprint density at radius 1 is 0.977 bits per heavy atom. The van der Waals surface area contributed by atoms with Crippen LogP contribution < -0.4 is 9.47 Å². The molecule has 3 aromatic rings. The first kappa shape index (κ1) is 31.8. The molecule has 0 aliphatic heterocycles. The summed E-state index contributed by atoms with van der Waals surface area (Å²) in [5.41, 5.74) is 1.52. The van der Waals surface area contributed by atoms with Crippen molar-refractivity contribution in [3.05, 3.63) is 84.1 Å². The van der Waals surface area contributed by atoms with Gasteiger partial charge in [0.05, 0.1) is 17.9 Å². The summed E-state index contributed by atoms with van der Waals surface area (Å²) in [7, 11) is 0. The standard InChI is InChI=1S/C35H41F4N3O2/c1-3-41(4-2)21-8-22-43-28-15-11-25(12-16-28)33-24-42(34(40-33)26-9-6-5-7-10-26)27-13-17-29(18-14-27)44-30-19-20-32(36)31(23-30)35(37,38)39/h11-17,19-20,23-24,26,29H,3-10,18,21-22H2,1-2H3. The van der Waals surface area contributed by atoms with Gasteiger partial charge in [-0.3, -0.25) is 0 Å². The number of ether oxygens (including phenoxy) is 2. The SMILES string of the molecule is CCN(CC)CCCOc1ccc(-c2cn(C3=CCC(Oc4ccc(F)c(C(F)(F)F)c4)C=C3)c(C3CCCCC3)n2)cc1. The van der Waals surface area contributed by atoms with E-state index >= 15 is 0 Å². The van der Waals surface area contributed by atoms with Crippen molar-refractivity contribution >= 4 is 5.70 Å². The molecule has 0 bridgehead atoms. The van der Waals surface area contributed by atoms with E-state index in [1.54, 1.807) is 0 Å². The average Bonchev–Trinajstić information content (AvgIpc) is 3.48. The highest BCUT2D eigenvalue weighted by molar-refractivity contribution is 5.66. The van der Waals surface area contributed by atoms with Crippen molar-refractivity contribution in [1.82, 2.24) is 14.5 Å². The summed E-state index contributed by atoms with van der Waals surface area (Å²) in [6.07, 6.45) is 9.80. The first-order valence-electron chi connectivity index (χ1n) is 15.7. The Bertz CT molecular complexity index is 1440. The van der Waals surface area contributed by atoms with Crippen LogP contribution in [0.3, 0.4) is 0 Å². The summed E-state index contributed by atoms with van der Waals surface area (Å²) in [6, 6.07) is 10.8. The highest BCUT2D eigenvalue weighted by Gasteiger charge is 2.34. The molecule has 2 aromatic carbocycles. The number of aromatic nitrogens is 2. The van der Waals surface area contributed by atoms with Gasteiger partial charge in [0, 0.05) is 36.3 Å². The number of alkyl halides is 3. The third kappa shape index (κ3) is 7.92. The predicted octanol–water partition coefficient (Wildman–Crippen LogP) is 9.11. The topological polar surface area (TPSA) is 39.5 Å². The van der Waals surface area contributed by atoms with Gasteiger partial charge >= 0.3 is 6.18 Å². The lowest BCUT2D eigenvalue weighted by molar-refractivity contribution is -0.140. The van der Waals surface area contributed by atoms with E-state index in [9.17, 15) is 17.6 Å². The number of hydrogen-bond acceptors (Lipinski definition) is 4. The van der Waals surface area contributed by atoms with Gasteiger partial charge in [-0.2, -0.15) is 13.2 Å². The minimum Gasteiger partial charge on any atom is -0.494 e. The number of hydrogen-bond donors (Lipinski definition) is 0. The number of benzene rings is 2. The van der Waals surface area contributed by atoms with Gasteiger partial charge in [0.15, 0.2) is 0 Å². The van der Waals surface area contributed by atoms with Crippen molar-refractivity contribution in [2.45, 2.75) is 77.0 Å². The van der Waals surface area contributed by atoms with Crippen LogP contribution in [0.2, 0.25) is 0 Å². The summed E-state index contributed by atoms with van der Waals surface area (Å²) in [5, 5.41) is 0. The average molecular weight is 612 g/mol. The first-order chi connectivity index (χ1) is 21.2. The Balaban J connectivity index is 1.29. The number of nitrogens with zero attached hydrogens (tertiary/aromatic N) is 3. The summed E-state index contributed by atoms with van der Waals surface area (Å²) in [4.78, 5) is 7.50. The minimum atomic E-state index is -4.79. The maximum Gasteiger partial charge on any atom is 0.419 e. The van der Waals surface area contributed by atoms with E-state index in [4.69, 9.17) is 14.5 Å². The van der Waals surface area contributed by atoms with Crippen LogP contribution in [0.1, 0.15) is 76.1 Å². The molecule has 0 spiro atoms. The van der Waals surface area contributed by atoms with Gasteiger partial charge in [-0.15, -0.1) is 0 Å². The number of allylic oxidation sites excluding steroid dienone is 2. The van der Waals surface area contributed by atoms with Gasteiger partial charge in [-0.25, -0.2) is 9.37 Å². The van der Waals surface area contributed by atoms with E-state index in [1.807, 2.05) is 42.5 Å². The van der Waals surface area contributed by atoms with Crippen molar-refractivity contribution < 1.29 is 27.0 Å². The van der Waals surface area contributed by atoms with Crippen molar-refractivity contribution in [1.29, 1.82) is 0 Å². The Morgan fingerprint density at radius 2 is 1.70 bits per heavy atom. The van der Waals surface area contributed by atoms with Gasteiger partial charge in [0.25, 0.3) is 0 Å². The molecule has 1 fully saturated rings. The third-order valence-electron chi connectivity index (χ3n) is 8.49. The normalized spacial score (nSPS) is 17.6. The van der Waals surface area contributed by atoms with Crippen LogP contribution in [-0.2, 0) is 6.18 Å². The zero-order valence-electron chi connectivity index (χ0n) is 25.5. The van der Waals surface area contributed by atoms with Crippen LogP contribution in [0.5, 0.6) is 11.5 Å². The van der Waals surface area contributed by atoms with Crippen molar-refractivity contribution in [2.75, 3.05) is 26.2 Å². The lowest BCUT2D eigenvalue weighted by atomic mass is 9.88. The minimum absolute atomic E-state index is 0.0191. The molecule has 1 aromatic heterocycles. The lowest BCUT2D eigenvalue weighted by Crippen LogP contribution is -2.25. The molecule has 5 rings (SSSR count). The lowest BCUT2D eigenvalue weighted by Gasteiger charge is -2.24. The maximum atomic E-state index is 13.7. The fraction of sp³-hybridized carbons (Fsp3) is 0.457. The monoisotopic (exact) mass is 611 g/mol.